The van der Waals surface area contributed by atoms with Gasteiger partial charge in [0.2, 0.25) is 0 Å². The number of fused-ring (bicyclic) bond motifs is 2. The van der Waals surface area contributed by atoms with Crippen molar-refractivity contribution in [1.29, 1.82) is 0 Å². The first kappa shape index (κ1) is 18.1. The number of carbonyl (C=O) groups is 1. The number of Topliss-reactive ketones (excluding diaryl/α,β-unsaturated/α-hetero) is 1. The Morgan fingerprint density at radius 2 is 1.86 bits per heavy atom. The molecule has 29 heavy (non-hydrogen) atoms. The van der Waals surface area contributed by atoms with Crippen LogP contribution in [0.15, 0.2) is 83.1 Å². The lowest BCUT2D eigenvalue weighted by Crippen LogP contribution is -2.27. The number of nitrogens with zero attached hydrogens (tertiary/aromatic N) is 1. The third-order valence-corrected chi connectivity index (χ3v) is 6.21. The van der Waals surface area contributed by atoms with Crippen LogP contribution in [0.2, 0.25) is 0 Å². The number of benzene rings is 2. The number of anilines is 2. The number of hydrogen-bond acceptors (Lipinski definition) is 3. The molecule has 0 bridgehead atoms. The lowest BCUT2D eigenvalue weighted by molar-refractivity contribution is -0.122. The number of hydrogen-bond donors (Lipinski definition) is 0. The molecule has 1 atom stereocenters. The minimum atomic E-state index is -0.463. The lowest BCUT2D eigenvalue weighted by atomic mass is 9.91. The second-order valence-electron chi connectivity index (χ2n) is 8.29. The number of ketones is 1. The fourth-order valence-corrected chi connectivity index (χ4v) is 4.70. The van der Waals surface area contributed by atoms with Crippen LogP contribution in [0.5, 0.6) is 0 Å². The summed E-state index contributed by atoms with van der Waals surface area (Å²) in [5.74, 6) is 0.585. The van der Waals surface area contributed by atoms with E-state index in [0.29, 0.717) is 12.3 Å². The summed E-state index contributed by atoms with van der Waals surface area (Å²) in [6.07, 6.45) is 5.10. The number of para-hydroxylation sites is 1. The molecular weight excluding hydrogens is 358 g/mol. The number of methoxy groups -OCH3 is 1. The lowest BCUT2D eigenvalue weighted by Gasteiger charge is -2.35. The molecule has 2 aliphatic carbocycles. The Hall–Kier alpha value is -2.91. The van der Waals surface area contributed by atoms with Gasteiger partial charge in [-0.25, -0.2) is 0 Å². The molecule has 3 nitrogen and oxygen atoms in total. The van der Waals surface area contributed by atoms with E-state index in [1.807, 2.05) is 12.1 Å². The molecule has 0 saturated heterocycles. The summed E-state index contributed by atoms with van der Waals surface area (Å²) in [7, 11) is 1.60. The highest BCUT2D eigenvalue weighted by Gasteiger charge is 2.38. The van der Waals surface area contributed by atoms with E-state index in [-0.39, 0.29) is 5.78 Å². The van der Waals surface area contributed by atoms with Gasteiger partial charge in [0.15, 0.2) is 5.78 Å². The zero-order chi connectivity index (χ0) is 20.1. The maximum Gasteiger partial charge on any atom is 0.192 e. The smallest absolute Gasteiger partial charge is 0.192 e. The predicted octanol–water partition coefficient (Wildman–Crippen LogP) is 5.61. The summed E-state index contributed by atoms with van der Waals surface area (Å²) >= 11 is 0. The van der Waals surface area contributed by atoms with Gasteiger partial charge in [-0.3, -0.25) is 4.79 Å². The summed E-state index contributed by atoms with van der Waals surface area (Å²) in [4.78, 5) is 15.3. The first-order valence-electron chi connectivity index (χ1n) is 10.3. The van der Waals surface area contributed by atoms with Gasteiger partial charge in [0.25, 0.3) is 0 Å². The second kappa shape index (κ2) is 6.85. The molecule has 3 aliphatic rings. The van der Waals surface area contributed by atoms with Gasteiger partial charge in [0.05, 0.1) is 5.70 Å². The van der Waals surface area contributed by atoms with E-state index in [1.54, 1.807) is 7.11 Å². The van der Waals surface area contributed by atoms with Crippen LogP contribution >= 0.6 is 0 Å². The molecule has 0 amide bonds. The number of rotatable bonds is 3. The van der Waals surface area contributed by atoms with Crippen molar-refractivity contribution in [3.05, 3.63) is 94.2 Å². The number of allylic oxidation sites excluding steroid dienone is 2. The second-order valence-corrected chi connectivity index (χ2v) is 8.29. The average Bonchev–Trinajstić information content (AvgIpc) is 3.11. The maximum atomic E-state index is 13.0. The third kappa shape index (κ3) is 2.80. The first-order valence-corrected chi connectivity index (χ1v) is 10.3. The van der Waals surface area contributed by atoms with Crippen LogP contribution in [0.25, 0.3) is 0 Å². The molecule has 0 spiro atoms. The maximum absolute atomic E-state index is 13.0. The summed E-state index contributed by atoms with van der Waals surface area (Å²) in [5, 5.41) is 0. The van der Waals surface area contributed by atoms with Gasteiger partial charge in [-0.05, 0) is 53.3 Å². The molecule has 2 aromatic carbocycles. The minimum Gasteiger partial charge on any atom is -0.369 e. The Balaban J connectivity index is 1.67. The Labute approximate surface area is 172 Å². The average molecular weight is 383 g/mol. The van der Waals surface area contributed by atoms with Gasteiger partial charge >= 0.3 is 0 Å². The molecule has 1 aliphatic heterocycles. The highest BCUT2D eigenvalue weighted by Crippen LogP contribution is 2.49. The largest absolute Gasteiger partial charge is 0.369 e. The van der Waals surface area contributed by atoms with Crippen molar-refractivity contribution in [3.63, 3.8) is 0 Å². The van der Waals surface area contributed by atoms with Gasteiger partial charge < -0.3 is 9.64 Å². The quantitative estimate of drug-likeness (QED) is 0.690. The molecule has 0 N–H and O–H groups in total. The Bertz CT molecular complexity index is 1090. The van der Waals surface area contributed by atoms with E-state index in [1.165, 1.54) is 28.1 Å². The zero-order valence-electron chi connectivity index (χ0n) is 17.1. The molecule has 0 saturated carbocycles. The van der Waals surface area contributed by atoms with Gasteiger partial charge in [-0.1, -0.05) is 50.3 Å². The van der Waals surface area contributed by atoms with Gasteiger partial charge in [-0.15, -0.1) is 0 Å². The van der Waals surface area contributed by atoms with Crippen LogP contribution in [0.4, 0.5) is 11.4 Å². The van der Waals surface area contributed by atoms with Gasteiger partial charge in [0.1, 0.15) is 6.10 Å². The molecular formula is C26H25NO2. The highest BCUT2D eigenvalue weighted by molar-refractivity contribution is 6.05. The first-order chi connectivity index (χ1) is 14.1. The fourth-order valence-electron chi connectivity index (χ4n) is 4.70. The van der Waals surface area contributed by atoms with Crippen molar-refractivity contribution in [1.82, 2.24) is 0 Å². The topological polar surface area (TPSA) is 29.5 Å². The molecule has 146 valence electrons. The Morgan fingerprint density at radius 1 is 1.07 bits per heavy atom. The van der Waals surface area contributed by atoms with E-state index in [4.69, 9.17) is 4.74 Å². The van der Waals surface area contributed by atoms with Crippen molar-refractivity contribution < 1.29 is 9.53 Å². The summed E-state index contributed by atoms with van der Waals surface area (Å²) < 4.78 is 5.38. The van der Waals surface area contributed by atoms with Crippen molar-refractivity contribution in [3.8, 4) is 0 Å². The Morgan fingerprint density at radius 3 is 2.59 bits per heavy atom. The predicted molar refractivity (Wildman–Crippen MR) is 116 cm³/mol. The molecule has 1 heterocycles. The number of ether oxygens (including phenoxy) is 1. The van der Waals surface area contributed by atoms with Crippen LogP contribution in [0, 0.1) is 0 Å². The van der Waals surface area contributed by atoms with Crippen LogP contribution in [0.3, 0.4) is 0 Å². The van der Waals surface area contributed by atoms with E-state index in [2.05, 4.69) is 67.3 Å². The summed E-state index contributed by atoms with van der Waals surface area (Å²) in [5.41, 5.74) is 9.47. The normalized spacial score (nSPS) is 20.3. The zero-order valence-corrected chi connectivity index (χ0v) is 17.1. The fraction of sp³-hybridized carbons (Fsp3) is 0.269. The monoisotopic (exact) mass is 383 g/mol. The van der Waals surface area contributed by atoms with E-state index < -0.39 is 6.10 Å². The van der Waals surface area contributed by atoms with E-state index >= 15 is 0 Å². The van der Waals surface area contributed by atoms with Crippen LogP contribution in [0.1, 0.15) is 37.3 Å². The van der Waals surface area contributed by atoms with Gasteiger partial charge in [0, 0.05) is 36.1 Å². The minimum absolute atomic E-state index is 0.0966. The standard InChI is InChI=1S/C26H25NO2/c1-16(2)17-9-11-23-18(13-17)14-19-15-22-21(10-12-24(29-3)26(22)28)25(19)27(23)20-7-5-4-6-8-20/h4-13,16,24H,14-15H2,1-3H3. The van der Waals surface area contributed by atoms with Gasteiger partial charge in [-0.2, -0.15) is 0 Å². The molecule has 5 rings (SSSR count). The third-order valence-electron chi connectivity index (χ3n) is 6.21. The number of carbonyl (C=O) groups excluding carboxylic acids is 1. The molecule has 0 radical (unpaired) electrons. The van der Waals surface area contributed by atoms with Crippen molar-refractivity contribution in [2.75, 3.05) is 12.0 Å². The molecule has 1 unspecified atom stereocenters. The molecule has 0 aromatic heterocycles. The molecule has 3 heteroatoms. The molecule has 0 fully saturated rings. The SMILES string of the molecule is COC1C=CC2=C(CC3=C2N(c2ccccc2)c2ccc(C(C)C)cc2C3)C1=O. The van der Waals surface area contributed by atoms with E-state index in [0.717, 1.165) is 23.3 Å². The van der Waals surface area contributed by atoms with Crippen molar-refractivity contribution >= 4 is 17.2 Å². The summed E-state index contributed by atoms with van der Waals surface area (Å²) in [6, 6.07) is 17.3. The Kier molecular flexibility index (Phi) is 4.29. The summed E-state index contributed by atoms with van der Waals surface area (Å²) in [6.45, 7) is 4.46. The van der Waals surface area contributed by atoms with Crippen LogP contribution in [-0.2, 0) is 16.0 Å². The highest BCUT2D eigenvalue weighted by atomic mass is 16.5. The van der Waals surface area contributed by atoms with Crippen molar-refractivity contribution in [2.24, 2.45) is 0 Å². The van der Waals surface area contributed by atoms with Crippen molar-refractivity contribution in [2.45, 2.75) is 38.7 Å². The molecule has 2 aromatic rings. The van der Waals surface area contributed by atoms with Crippen LogP contribution < -0.4 is 4.90 Å². The van der Waals surface area contributed by atoms with Crippen LogP contribution in [-0.4, -0.2) is 19.0 Å². The van der Waals surface area contributed by atoms with E-state index in [9.17, 15) is 4.79 Å².